The molecule has 2 aliphatic heterocycles. The molecule has 3 aliphatic rings. The van der Waals surface area contributed by atoms with E-state index in [1.807, 2.05) is 24.9 Å². The van der Waals surface area contributed by atoms with Crippen molar-refractivity contribution in [1.29, 1.82) is 0 Å². The van der Waals surface area contributed by atoms with Crippen LogP contribution in [0.15, 0.2) is 18.2 Å². The molecule has 3 unspecified atom stereocenters. The molecule has 2 saturated heterocycles. The van der Waals surface area contributed by atoms with Crippen LogP contribution >= 0.6 is 0 Å². The molecule has 1 amide bonds. The first-order valence-electron chi connectivity index (χ1n) is 7.45. The van der Waals surface area contributed by atoms with Crippen molar-refractivity contribution in [3.63, 3.8) is 0 Å². The summed E-state index contributed by atoms with van der Waals surface area (Å²) in [5.41, 5.74) is 1.39. The minimum Gasteiger partial charge on any atom is -0.394 e. The predicted molar refractivity (Wildman–Crippen MR) is 74.6 cm³/mol. The second-order valence-electron chi connectivity index (χ2n) is 6.95. The average Bonchev–Trinajstić information content (AvgIpc) is 2.98. The molecule has 3 atom stereocenters. The maximum Gasteiger partial charge on any atom is 0.239 e. The molecule has 21 heavy (non-hydrogen) atoms. The van der Waals surface area contributed by atoms with E-state index < -0.39 is 0 Å². The fraction of sp³-hybridized carbons (Fsp3) is 0.562. The van der Waals surface area contributed by atoms with Gasteiger partial charge in [-0.25, -0.2) is 9.40 Å². The van der Waals surface area contributed by atoms with Crippen LogP contribution in [0.2, 0.25) is 0 Å². The number of aliphatic hydroxyl groups excluding tert-OH is 1. The first-order valence-corrected chi connectivity index (χ1v) is 7.45. The largest absolute Gasteiger partial charge is 0.394 e. The number of aliphatic hydroxyl groups is 1. The van der Waals surface area contributed by atoms with Gasteiger partial charge in [0.05, 0.1) is 18.7 Å². The summed E-state index contributed by atoms with van der Waals surface area (Å²) in [5.74, 6) is -0.0922. The quantitative estimate of drug-likeness (QED) is 0.855. The third-order valence-electron chi connectivity index (χ3n) is 5.25. The third-order valence-corrected chi connectivity index (χ3v) is 5.25. The number of carbonyl (C=O) groups is 1. The maximum atomic E-state index is 14.4. The van der Waals surface area contributed by atoms with Crippen molar-refractivity contribution >= 4 is 5.91 Å². The van der Waals surface area contributed by atoms with Crippen LogP contribution in [0.3, 0.4) is 0 Å². The molecule has 0 bridgehead atoms. The zero-order chi connectivity index (χ0) is 14.9. The zero-order valence-corrected chi connectivity index (χ0v) is 12.2. The van der Waals surface area contributed by atoms with Gasteiger partial charge in [-0.05, 0) is 31.9 Å². The lowest BCUT2D eigenvalue weighted by Gasteiger charge is -2.36. The van der Waals surface area contributed by atoms with Gasteiger partial charge in [0.1, 0.15) is 5.82 Å². The highest BCUT2D eigenvalue weighted by Gasteiger charge is 2.61. The molecule has 0 saturated carbocycles. The number of rotatable bonds is 1. The second kappa shape index (κ2) is 4.05. The van der Waals surface area contributed by atoms with Gasteiger partial charge in [0, 0.05) is 23.4 Å². The van der Waals surface area contributed by atoms with Crippen molar-refractivity contribution in [2.45, 2.75) is 44.3 Å². The van der Waals surface area contributed by atoms with Crippen LogP contribution in [0.1, 0.15) is 37.4 Å². The van der Waals surface area contributed by atoms with Gasteiger partial charge in [0.2, 0.25) is 5.91 Å². The molecule has 1 aliphatic carbocycles. The lowest BCUT2D eigenvalue weighted by atomic mass is 9.90. The summed E-state index contributed by atoms with van der Waals surface area (Å²) in [6, 6.07) is 4.81. The Morgan fingerprint density at radius 1 is 1.43 bits per heavy atom. The van der Waals surface area contributed by atoms with Crippen LogP contribution in [-0.4, -0.2) is 39.2 Å². The summed E-state index contributed by atoms with van der Waals surface area (Å²) in [6.07, 6.45) is 1.13. The van der Waals surface area contributed by atoms with E-state index in [0.717, 1.165) is 12.0 Å². The lowest BCUT2D eigenvalue weighted by Crippen LogP contribution is -2.46. The smallest absolute Gasteiger partial charge is 0.239 e. The number of nitrogens with zero attached hydrogens (tertiary/aromatic N) is 2. The van der Waals surface area contributed by atoms with E-state index in [2.05, 4.69) is 0 Å². The van der Waals surface area contributed by atoms with E-state index >= 15 is 0 Å². The number of carbonyl (C=O) groups excluding carboxylic acids is 1. The molecule has 4 nitrogen and oxygen atoms in total. The predicted octanol–water partition coefficient (Wildman–Crippen LogP) is 1.64. The molecular weight excluding hydrogens is 271 g/mol. The van der Waals surface area contributed by atoms with E-state index in [0.29, 0.717) is 12.0 Å². The summed E-state index contributed by atoms with van der Waals surface area (Å²) in [4.78, 5) is 12.3. The van der Waals surface area contributed by atoms with Crippen LogP contribution in [-0.2, 0) is 11.2 Å². The summed E-state index contributed by atoms with van der Waals surface area (Å²) < 4.78 is 14.4. The van der Waals surface area contributed by atoms with Crippen molar-refractivity contribution < 1.29 is 14.3 Å². The standard InChI is InChI=1S/C16H19FN2O2/c1-16(2)7-13(21)18-12(8-20)10-6-9-4-3-5-11(17)14(9)15(10)19(16)18/h3-5,10,12,15,20H,6-8H2,1-2H3. The Bertz CT molecular complexity index is 631. The maximum absolute atomic E-state index is 14.4. The highest BCUT2D eigenvalue weighted by Crippen LogP contribution is 2.55. The molecular formula is C16H19FN2O2. The Kier molecular flexibility index (Phi) is 2.55. The Morgan fingerprint density at radius 3 is 2.90 bits per heavy atom. The molecule has 0 spiro atoms. The normalized spacial score (nSPS) is 33.2. The Balaban J connectivity index is 1.89. The molecule has 1 aromatic rings. The topological polar surface area (TPSA) is 43.8 Å². The lowest BCUT2D eigenvalue weighted by molar-refractivity contribution is -0.142. The summed E-state index contributed by atoms with van der Waals surface area (Å²) >= 11 is 0. The molecule has 0 radical (unpaired) electrons. The van der Waals surface area contributed by atoms with Crippen LogP contribution in [0.25, 0.3) is 0 Å². The van der Waals surface area contributed by atoms with E-state index in [4.69, 9.17) is 0 Å². The minimum atomic E-state index is -0.339. The molecule has 1 aromatic carbocycles. The van der Waals surface area contributed by atoms with Crippen LogP contribution < -0.4 is 0 Å². The Morgan fingerprint density at radius 2 is 2.19 bits per heavy atom. The van der Waals surface area contributed by atoms with Crippen molar-refractivity contribution in [2.24, 2.45) is 5.92 Å². The van der Waals surface area contributed by atoms with Crippen molar-refractivity contribution in [2.75, 3.05) is 6.61 Å². The SMILES string of the molecule is CC1(C)CC(=O)N2C(CO)C3Cc4cccc(F)c4C3N21. The van der Waals surface area contributed by atoms with Crippen LogP contribution in [0.5, 0.6) is 0 Å². The summed E-state index contributed by atoms with van der Waals surface area (Å²) in [7, 11) is 0. The minimum absolute atomic E-state index is 0.0336. The van der Waals surface area contributed by atoms with Crippen molar-refractivity contribution in [1.82, 2.24) is 10.0 Å². The Hall–Kier alpha value is -1.46. The summed E-state index contributed by atoms with van der Waals surface area (Å²) in [5, 5.41) is 13.5. The van der Waals surface area contributed by atoms with E-state index in [-0.39, 0.29) is 41.9 Å². The van der Waals surface area contributed by atoms with E-state index in [9.17, 15) is 14.3 Å². The highest BCUT2D eigenvalue weighted by molar-refractivity contribution is 5.80. The van der Waals surface area contributed by atoms with E-state index in [1.165, 1.54) is 6.07 Å². The van der Waals surface area contributed by atoms with Gasteiger partial charge in [-0.2, -0.15) is 0 Å². The number of amides is 1. The van der Waals surface area contributed by atoms with Crippen molar-refractivity contribution in [3.8, 4) is 0 Å². The van der Waals surface area contributed by atoms with E-state index in [1.54, 1.807) is 11.1 Å². The molecule has 5 heteroatoms. The van der Waals surface area contributed by atoms with Gasteiger partial charge >= 0.3 is 0 Å². The van der Waals surface area contributed by atoms with Crippen LogP contribution in [0, 0.1) is 11.7 Å². The van der Waals surface area contributed by atoms with Gasteiger partial charge in [0.25, 0.3) is 0 Å². The molecule has 2 heterocycles. The molecule has 1 N–H and O–H groups in total. The Labute approximate surface area is 123 Å². The summed E-state index contributed by atoms with van der Waals surface area (Å²) in [6.45, 7) is 3.95. The molecule has 112 valence electrons. The van der Waals surface area contributed by atoms with Gasteiger partial charge in [-0.3, -0.25) is 9.80 Å². The second-order valence-corrected chi connectivity index (χ2v) is 6.95. The van der Waals surface area contributed by atoms with Gasteiger partial charge < -0.3 is 5.11 Å². The molecule has 4 rings (SSSR count). The highest BCUT2D eigenvalue weighted by atomic mass is 19.1. The number of benzene rings is 1. The molecule has 2 fully saturated rings. The van der Waals surface area contributed by atoms with Gasteiger partial charge in [-0.1, -0.05) is 12.1 Å². The first-order chi connectivity index (χ1) is 9.95. The average molecular weight is 290 g/mol. The monoisotopic (exact) mass is 290 g/mol. The van der Waals surface area contributed by atoms with Gasteiger partial charge in [0.15, 0.2) is 0 Å². The number of hydrogen-bond donors (Lipinski definition) is 1. The molecule has 0 aromatic heterocycles. The fourth-order valence-electron chi connectivity index (χ4n) is 4.51. The first kappa shape index (κ1) is 13.2. The number of fused-ring (bicyclic) bond motifs is 5. The fourth-order valence-corrected chi connectivity index (χ4v) is 4.51. The van der Waals surface area contributed by atoms with Gasteiger partial charge in [-0.15, -0.1) is 0 Å². The number of halogens is 1. The van der Waals surface area contributed by atoms with Crippen molar-refractivity contribution in [3.05, 3.63) is 35.1 Å². The van der Waals surface area contributed by atoms with Crippen LogP contribution in [0.4, 0.5) is 4.39 Å². The third kappa shape index (κ3) is 1.53. The number of hydrogen-bond acceptors (Lipinski definition) is 3. The number of hydrazine groups is 1. The zero-order valence-electron chi connectivity index (χ0n) is 12.2.